The first-order valence-corrected chi connectivity index (χ1v) is 9.45. The van der Waals surface area contributed by atoms with Gasteiger partial charge in [0.1, 0.15) is 5.75 Å². The fourth-order valence-electron chi connectivity index (χ4n) is 2.51. The van der Waals surface area contributed by atoms with E-state index in [1.54, 1.807) is 13.2 Å². The number of methoxy groups -OCH3 is 1. The van der Waals surface area contributed by atoms with E-state index in [0.717, 1.165) is 27.2 Å². The van der Waals surface area contributed by atoms with Crippen LogP contribution in [-0.4, -0.2) is 25.6 Å². The molecule has 1 aliphatic rings. The van der Waals surface area contributed by atoms with Crippen molar-refractivity contribution in [2.24, 2.45) is 5.10 Å². The summed E-state index contributed by atoms with van der Waals surface area (Å²) in [7, 11) is 1.61. The highest BCUT2D eigenvalue weighted by Crippen LogP contribution is 2.39. The van der Waals surface area contributed by atoms with E-state index in [9.17, 15) is 0 Å². The standard InChI is InChI=1S/C16H11Cl6N3O/c1-26-13-7-6-10(9-4-2-3-5-11(9)13)12-8-14(15(17,18)19)24-25(23-12)16(20,21)22/h2-8,24H,1H3. The van der Waals surface area contributed by atoms with Crippen LogP contribution in [0.4, 0.5) is 0 Å². The Morgan fingerprint density at radius 3 is 2.19 bits per heavy atom. The van der Waals surface area contributed by atoms with Crippen LogP contribution in [-0.2, 0) is 0 Å². The van der Waals surface area contributed by atoms with Crippen LogP contribution in [0, 0.1) is 0 Å². The summed E-state index contributed by atoms with van der Waals surface area (Å²) in [5.74, 6) is 0.725. The number of nitrogens with one attached hydrogen (secondary N) is 1. The predicted molar refractivity (Wildman–Crippen MR) is 111 cm³/mol. The van der Waals surface area contributed by atoms with Gasteiger partial charge in [0.25, 0.3) is 0 Å². The fourth-order valence-corrected chi connectivity index (χ4v) is 3.04. The Labute approximate surface area is 180 Å². The summed E-state index contributed by atoms with van der Waals surface area (Å²) >= 11 is 35.9. The van der Waals surface area contributed by atoms with Gasteiger partial charge in [-0.3, -0.25) is 5.43 Å². The van der Waals surface area contributed by atoms with Gasteiger partial charge in [0.15, 0.2) is 0 Å². The Hall–Kier alpha value is -0.750. The van der Waals surface area contributed by atoms with Crippen LogP contribution in [0.25, 0.3) is 10.8 Å². The number of ether oxygens (including phenoxy) is 1. The summed E-state index contributed by atoms with van der Waals surface area (Å²) in [5, 5.41) is 7.13. The molecule has 4 nitrogen and oxygen atoms in total. The number of benzene rings is 2. The fraction of sp³-hybridized carbons (Fsp3) is 0.188. The molecule has 0 saturated carbocycles. The maximum atomic E-state index is 6.02. The number of nitrogens with zero attached hydrogens (tertiary/aromatic N) is 2. The molecular weight excluding hydrogens is 463 g/mol. The lowest BCUT2D eigenvalue weighted by atomic mass is 9.99. The van der Waals surface area contributed by atoms with E-state index >= 15 is 0 Å². The minimum Gasteiger partial charge on any atom is -0.496 e. The molecule has 0 amide bonds. The van der Waals surface area contributed by atoms with Crippen LogP contribution in [0.5, 0.6) is 5.75 Å². The van der Waals surface area contributed by atoms with E-state index in [-0.39, 0.29) is 5.70 Å². The van der Waals surface area contributed by atoms with Gasteiger partial charge in [-0.05, 0) is 23.6 Å². The number of allylic oxidation sites excluding steroid dienone is 2. The van der Waals surface area contributed by atoms with E-state index in [2.05, 4.69) is 10.5 Å². The van der Waals surface area contributed by atoms with E-state index < -0.39 is 7.71 Å². The molecule has 10 heteroatoms. The van der Waals surface area contributed by atoms with Crippen molar-refractivity contribution in [1.82, 2.24) is 10.5 Å². The molecule has 1 aliphatic heterocycles. The van der Waals surface area contributed by atoms with Gasteiger partial charge < -0.3 is 4.74 Å². The third kappa shape index (κ3) is 4.06. The van der Waals surface area contributed by atoms with Gasteiger partial charge in [0.05, 0.1) is 18.5 Å². The molecule has 0 saturated heterocycles. The maximum Gasteiger partial charge on any atom is 0.301 e. The normalized spacial score (nSPS) is 15.4. The van der Waals surface area contributed by atoms with E-state index in [4.69, 9.17) is 74.3 Å². The maximum absolute atomic E-state index is 6.02. The van der Waals surface area contributed by atoms with Gasteiger partial charge in [-0.2, -0.15) is 10.2 Å². The number of rotatable bonds is 2. The monoisotopic (exact) mass is 471 g/mol. The quantitative estimate of drug-likeness (QED) is 0.432. The molecule has 2 aromatic carbocycles. The molecule has 0 spiro atoms. The third-order valence-corrected chi connectivity index (χ3v) is 4.73. The van der Waals surface area contributed by atoms with E-state index in [1.165, 1.54) is 0 Å². The van der Waals surface area contributed by atoms with Crippen molar-refractivity contribution in [3.63, 3.8) is 0 Å². The minimum absolute atomic E-state index is 0.193. The second-order valence-corrected chi connectivity index (χ2v) is 9.80. The first-order valence-electron chi connectivity index (χ1n) is 7.18. The highest BCUT2D eigenvalue weighted by atomic mass is 35.6. The number of hydrogen-bond acceptors (Lipinski definition) is 4. The molecule has 138 valence electrons. The van der Waals surface area contributed by atoms with Crippen molar-refractivity contribution < 1.29 is 4.74 Å². The van der Waals surface area contributed by atoms with Crippen LogP contribution >= 0.6 is 69.6 Å². The first kappa shape index (κ1) is 20.0. The Kier molecular flexibility index (Phi) is 5.65. The van der Waals surface area contributed by atoms with E-state index in [0.29, 0.717) is 5.71 Å². The average molecular weight is 474 g/mol. The molecule has 0 aromatic heterocycles. The Morgan fingerprint density at radius 1 is 0.962 bits per heavy atom. The van der Waals surface area contributed by atoms with Crippen LogP contribution in [0.3, 0.4) is 0 Å². The summed E-state index contributed by atoms with van der Waals surface area (Å²) < 4.78 is 1.75. The largest absolute Gasteiger partial charge is 0.496 e. The third-order valence-electron chi connectivity index (χ3n) is 3.64. The lowest BCUT2D eigenvalue weighted by Crippen LogP contribution is -2.47. The lowest BCUT2D eigenvalue weighted by Gasteiger charge is -2.34. The summed E-state index contributed by atoms with van der Waals surface area (Å²) in [5.41, 5.74) is 4.10. The molecule has 0 unspecified atom stereocenters. The van der Waals surface area contributed by atoms with Crippen molar-refractivity contribution in [3.05, 3.63) is 53.7 Å². The van der Waals surface area contributed by atoms with Gasteiger partial charge in [0.2, 0.25) is 3.79 Å². The van der Waals surface area contributed by atoms with Crippen molar-refractivity contribution >= 4 is 86.1 Å². The smallest absolute Gasteiger partial charge is 0.301 e. The van der Waals surface area contributed by atoms with Crippen LogP contribution in [0.15, 0.2) is 53.3 Å². The number of alkyl halides is 6. The lowest BCUT2D eigenvalue weighted by molar-refractivity contribution is 0.216. The minimum atomic E-state index is -1.90. The van der Waals surface area contributed by atoms with Gasteiger partial charge in [-0.15, -0.1) is 0 Å². The first-order chi connectivity index (χ1) is 12.1. The zero-order valence-electron chi connectivity index (χ0n) is 13.1. The topological polar surface area (TPSA) is 36.9 Å². The molecule has 0 radical (unpaired) electrons. The van der Waals surface area contributed by atoms with Crippen molar-refractivity contribution in [1.29, 1.82) is 0 Å². The van der Waals surface area contributed by atoms with E-state index in [1.807, 2.05) is 36.4 Å². The molecule has 0 aliphatic carbocycles. The average Bonchev–Trinajstić information content (AvgIpc) is 2.59. The van der Waals surface area contributed by atoms with Gasteiger partial charge in [-0.25, -0.2) is 0 Å². The number of hydrazine groups is 1. The summed E-state index contributed by atoms with van der Waals surface area (Å²) in [4.78, 5) is 0. The molecule has 0 atom stereocenters. The van der Waals surface area contributed by atoms with Gasteiger partial charge in [0, 0.05) is 10.9 Å². The second-order valence-electron chi connectivity index (χ2n) is 5.29. The number of hydrogen-bond donors (Lipinski definition) is 1. The van der Waals surface area contributed by atoms with Crippen LogP contribution in [0.1, 0.15) is 5.56 Å². The van der Waals surface area contributed by atoms with Crippen molar-refractivity contribution in [3.8, 4) is 5.75 Å². The van der Waals surface area contributed by atoms with Crippen LogP contribution in [0.2, 0.25) is 0 Å². The van der Waals surface area contributed by atoms with Gasteiger partial charge in [-0.1, -0.05) is 93.9 Å². The zero-order valence-corrected chi connectivity index (χ0v) is 17.6. The Balaban J connectivity index is 2.22. The molecule has 3 rings (SSSR count). The molecule has 0 bridgehead atoms. The number of halogens is 6. The highest BCUT2D eigenvalue weighted by molar-refractivity contribution is 6.69. The summed E-state index contributed by atoms with van der Waals surface area (Å²) in [6, 6.07) is 11.3. The molecule has 1 N–H and O–H groups in total. The molecule has 0 fully saturated rings. The number of hydrazone groups is 1. The zero-order chi connectivity index (χ0) is 19.1. The predicted octanol–water partition coefficient (Wildman–Crippen LogP) is 5.95. The molecule has 1 heterocycles. The van der Waals surface area contributed by atoms with Crippen LogP contribution < -0.4 is 10.2 Å². The summed E-state index contributed by atoms with van der Waals surface area (Å²) in [6.45, 7) is 0. The van der Waals surface area contributed by atoms with Crippen molar-refractivity contribution in [2.45, 2.75) is 7.71 Å². The Morgan fingerprint density at radius 2 is 1.62 bits per heavy atom. The second kappa shape index (κ2) is 7.34. The van der Waals surface area contributed by atoms with Crippen molar-refractivity contribution in [2.75, 3.05) is 7.11 Å². The van der Waals surface area contributed by atoms with Gasteiger partial charge >= 0.3 is 3.92 Å². The molecular formula is C16H11Cl6N3O. The SMILES string of the molecule is COc1ccc(C2=NN(C(Cl)(Cl)Cl)NC(C(Cl)(Cl)Cl)=C2)c2ccccc12. The Bertz CT molecular complexity index is 901. The molecule has 26 heavy (non-hydrogen) atoms. The highest BCUT2D eigenvalue weighted by Gasteiger charge is 2.37. The summed E-state index contributed by atoms with van der Waals surface area (Å²) in [6.07, 6.45) is 1.59. The molecule has 2 aromatic rings. The number of fused-ring (bicyclic) bond motifs is 1.